The summed E-state index contributed by atoms with van der Waals surface area (Å²) in [4.78, 5) is 0. The first-order chi connectivity index (χ1) is 5.70. The molecule has 0 spiro atoms. The third-order valence-corrected chi connectivity index (χ3v) is 2.47. The fraction of sp³-hybridized carbons (Fsp3) is 0.333. The molecule has 12 heavy (non-hydrogen) atoms. The van der Waals surface area contributed by atoms with Crippen molar-refractivity contribution >= 4 is 9.46 Å². The normalized spacial score (nSPS) is 10.7. The fourth-order valence-electron chi connectivity index (χ4n) is 1.12. The molecule has 0 heterocycles. The molecular weight excluding hydrogens is 174 g/mol. The first kappa shape index (κ1) is 9.39. The van der Waals surface area contributed by atoms with Crippen molar-refractivity contribution in [1.29, 1.82) is 0 Å². The zero-order valence-corrected chi connectivity index (χ0v) is 7.98. The van der Waals surface area contributed by atoms with Gasteiger partial charge in [0.1, 0.15) is 0 Å². The molecule has 0 bridgehead atoms. The maximum atomic E-state index is 12.0. The van der Waals surface area contributed by atoms with Gasteiger partial charge in [0.15, 0.2) is 0 Å². The third-order valence-electron chi connectivity index (χ3n) is 1.84. The maximum Gasteiger partial charge on any atom is 0.477 e. The van der Waals surface area contributed by atoms with Gasteiger partial charge in [-0.3, -0.25) is 8.22 Å². The van der Waals surface area contributed by atoms with Crippen molar-refractivity contribution in [1.82, 2.24) is 0 Å². The monoisotopic (exact) mass is 185 g/mol. The minimum atomic E-state index is -3.05. The Morgan fingerprint density at radius 3 is 2.50 bits per heavy atom. The predicted molar refractivity (Wildman–Crippen MR) is 47.7 cm³/mol. The van der Waals surface area contributed by atoms with E-state index in [0.29, 0.717) is 6.42 Å². The van der Waals surface area contributed by atoms with Crippen LogP contribution >= 0.6 is 0 Å². The summed E-state index contributed by atoms with van der Waals surface area (Å²) in [5, 5.41) is 0. The lowest BCUT2D eigenvalue weighted by Crippen LogP contribution is -1.99. The van der Waals surface area contributed by atoms with Gasteiger partial charge >= 0.3 is 9.46 Å². The second kappa shape index (κ2) is 4.35. The van der Waals surface area contributed by atoms with Gasteiger partial charge in [-0.15, -0.1) is 0 Å². The standard InChI is InChI=1S/C9H11F2Si/c1-8-4-2-3-5-9(8)6-7-12(10)11/h2-5H,6-7H2,1H3. The molecule has 1 radical (unpaired) electrons. The van der Waals surface area contributed by atoms with E-state index in [2.05, 4.69) is 0 Å². The molecule has 1 aromatic rings. The van der Waals surface area contributed by atoms with Crippen LogP contribution in [0.25, 0.3) is 0 Å². The van der Waals surface area contributed by atoms with Crippen LogP contribution in [0.2, 0.25) is 6.04 Å². The number of aryl methyl sites for hydroxylation is 2. The molecule has 1 rings (SSSR count). The molecule has 3 heteroatoms. The van der Waals surface area contributed by atoms with Crippen molar-refractivity contribution in [2.75, 3.05) is 0 Å². The number of hydrogen-bond donors (Lipinski definition) is 0. The second-order valence-electron chi connectivity index (χ2n) is 2.77. The lowest BCUT2D eigenvalue weighted by atomic mass is 10.1. The maximum absolute atomic E-state index is 12.0. The Kier molecular flexibility index (Phi) is 3.41. The van der Waals surface area contributed by atoms with Crippen molar-refractivity contribution in [3.05, 3.63) is 35.4 Å². The van der Waals surface area contributed by atoms with E-state index in [0.717, 1.165) is 11.1 Å². The summed E-state index contributed by atoms with van der Waals surface area (Å²) in [6.07, 6.45) is 0.522. The molecule has 0 fully saturated rings. The summed E-state index contributed by atoms with van der Waals surface area (Å²) in [6.45, 7) is 1.96. The molecule has 0 unspecified atom stereocenters. The van der Waals surface area contributed by atoms with E-state index >= 15 is 0 Å². The summed E-state index contributed by atoms with van der Waals surface area (Å²) in [6, 6.07) is 7.76. The summed E-state index contributed by atoms with van der Waals surface area (Å²) < 4.78 is 23.9. The van der Waals surface area contributed by atoms with E-state index in [4.69, 9.17) is 0 Å². The highest BCUT2D eigenvalue weighted by Gasteiger charge is 2.10. The number of halogens is 2. The van der Waals surface area contributed by atoms with Gasteiger partial charge in [0.05, 0.1) is 0 Å². The molecule has 0 atom stereocenters. The van der Waals surface area contributed by atoms with Crippen LogP contribution in [0.15, 0.2) is 24.3 Å². The van der Waals surface area contributed by atoms with Gasteiger partial charge < -0.3 is 0 Å². The third kappa shape index (κ3) is 2.74. The molecule has 0 aliphatic heterocycles. The first-order valence-electron chi connectivity index (χ1n) is 3.91. The number of rotatable bonds is 3. The topological polar surface area (TPSA) is 0 Å². The van der Waals surface area contributed by atoms with Crippen LogP contribution in [0.3, 0.4) is 0 Å². The fourth-order valence-corrected chi connectivity index (χ4v) is 1.58. The Morgan fingerprint density at radius 2 is 1.92 bits per heavy atom. The number of hydrogen-bond acceptors (Lipinski definition) is 0. The molecule has 0 nitrogen and oxygen atoms in total. The summed E-state index contributed by atoms with van der Waals surface area (Å²) >= 11 is 0. The SMILES string of the molecule is Cc1ccccc1CC[Si](F)F. The minimum Gasteiger partial charge on any atom is -0.268 e. The summed E-state index contributed by atoms with van der Waals surface area (Å²) in [7, 11) is -3.05. The van der Waals surface area contributed by atoms with Gasteiger partial charge in [-0.25, -0.2) is 0 Å². The van der Waals surface area contributed by atoms with Gasteiger partial charge in [0.25, 0.3) is 0 Å². The average Bonchev–Trinajstić information content (AvgIpc) is 2.03. The van der Waals surface area contributed by atoms with E-state index in [1.54, 1.807) is 0 Å². The van der Waals surface area contributed by atoms with E-state index in [-0.39, 0.29) is 6.04 Å². The average molecular weight is 185 g/mol. The largest absolute Gasteiger partial charge is 0.477 e. The molecule has 0 aliphatic carbocycles. The quantitative estimate of drug-likeness (QED) is 0.501. The van der Waals surface area contributed by atoms with Crippen LogP contribution in [0.4, 0.5) is 8.22 Å². The van der Waals surface area contributed by atoms with E-state index in [9.17, 15) is 8.22 Å². The lowest BCUT2D eigenvalue weighted by Gasteiger charge is -2.02. The molecule has 65 valence electrons. The second-order valence-corrected chi connectivity index (χ2v) is 3.94. The predicted octanol–water partition coefficient (Wildman–Crippen LogP) is 2.96. The van der Waals surface area contributed by atoms with Gasteiger partial charge in [-0.1, -0.05) is 24.3 Å². The molecule has 0 N–H and O–H groups in total. The molecule has 0 saturated carbocycles. The zero-order valence-electron chi connectivity index (χ0n) is 6.98. The van der Waals surface area contributed by atoms with Gasteiger partial charge in [0, 0.05) is 6.04 Å². The molecular formula is C9H11F2Si. The minimum absolute atomic E-state index is 0.0650. The Labute approximate surface area is 73.2 Å². The van der Waals surface area contributed by atoms with E-state index in [1.807, 2.05) is 31.2 Å². The van der Waals surface area contributed by atoms with Crippen LogP contribution < -0.4 is 0 Å². The van der Waals surface area contributed by atoms with Crippen LogP contribution in [0.5, 0.6) is 0 Å². The van der Waals surface area contributed by atoms with Crippen molar-refractivity contribution in [3.8, 4) is 0 Å². The van der Waals surface area contributed by atoms with Crippen molar-refractivity contribution in [2.24, 2.45) is 0 Å². The first-order valence-corrected chi connectivity index (χ1v) is 5.38. The van der Waals surface area contributed by atoms with Gasteiger partial charge in [0.2, 0.25) is 0 Å². The van der Waals surface area contributed by atoms with Crippen molar-refractivity contribution < 1.29 is 8.22 Å². The highest BCUT2D eigenvalue weighted by Crippen LogP contribution is 2.11. The lowest BCUT2D eigenvalue weighted by molar-refractivity contribution is 0.650. The summed E-state index contributed by atoms with van der Waals surface area (Å²) in [5.74, 6) is 0. The van der Waals surface area contributed by atoms with Gasteiger partial charge in [-0.05, 0) is 24.5 Å². The Bertz CT molecular complexity index is 248. The molecule has 0 aromatic heterocycles. The molecule has 0 aliphatic rings. The molecule has 0 saturated heterocycles. The Balaban J connectivity index is 2.57. The van der Waals surface area contributed by atoms with E-state index in [1.165, 1.54) is 0 Å². The Hall–Kier alpha value is -0.703. The van der Waals surface area contributed by atoms with Crippen LogP contribution in [0, 0.1) is 6.92 Å². The van der Waals surface area contributed by atoms with Crippen molar-refractivity contribution in [3.63, 3.8) is 0 Å². The molecule has 1 aromatic carbocycles. The summed E-state index contributed by atoms with van der Waals surface area (Å²) in [5.41, 5.74) is 2.16. The zero-order chi connectivity index (χ0) is 8.97. The smallest absolute Gasteiger partial charge is 0.268 e. The Morgan fingerprint density at radius 1 is 1.25 bits per heavy atom. The number of benzene rings is 1. The highest BCUT2D eigenvalue weighted by atomic mass is 28.4. The van der Waals surface area contributed by atoms with Crippen LogP contribution in [0.1, 0.15) is 11.1 Å². The van der Waals surface area contributed by atoms with E-state index < -0.39 is 9.46 Å². The van der Waals surface area contributed by atoms with Crippen molar-refractivity contribution in [2.45, 2.75) is 19.4 Å². The van der Waals surface area contributed by atoms with Gasteiger partial charge in [-0.2, -0.15) is 0 Å². The molecule has 0 amide bonds. The van der Waals surface area contributed by atoms with Crippen LogP contribution in [-0.2, 0) is 6.42 Å². The van der Waals surface area contributed by atoms with Crippen LogP contribution in [-0.4, -0.2) is 9.46 Å². The highest BCUT2D eigenvalue weighted by molar-refractivity contribution is 6.42.